The van der Waals surface area contributed by atoms with Crippen LogP contribution in [0.4, 0.5) is 13.2 Å². The first-order chi connectivity index (χ1) is 9.88. The van der Waals surface area contributed by atoms with E-state index in [-0.39, 0.29) is 6.42 Å². The molecule has 6 heteroatoms. The van der Waals surface area contributed by atoms with E-state index in [1.54, 1.807) is 30.3 Å². The van der Waals surface area contributed by atoms with E-state index in [1.165, 1.54) is 0 Å². The van der Waals surface area contributed by atoms with Crippen molar-refractivity contribution < 1.29 is 18.0 Å². The maximum absolute atomic E-state index is 12.8. The molecule has 0 saturated heterocycles. The van der Waals surface area contributed by atoms with Crippen molar-refractivity contribution >= 4 is 5.78 Å². The van der Waals surface area contributed by atoms with E-state index in [2.05, 4.69) is 0 Å². The third-order valence-electron chi connectivity index (χ3n) is 2.92. The van der Waals surface area contributed by atoms with Crippen LogP contribution in [0.15, 0.2) is 53.3 Å². The zero-order valence-electron chi connectivity index (χ0n) is 10.9. The monoisotopic (exact) mass is 295 g/mol. The third kappa shape index (κ3) is 3.81. The smallest absolute Gasteiger partial charge is 0.297 e. The van der Waals surface area contributed by atoms with Crippen LogP contribution in [0.5, 0.6) is 0 Å². The molecule has 0 saturated carbocycles. The van der Waals surface area contributed by atoms with Gasteiger partial charge in [0.25, 0.3) is 5.56 Å². The summed E-state index contributed by atoms with van der Waals surface area (Å²) in [6.45, 7) is -0.594. The number of Topliss-reactive ketones (excluding diaryl/α,β-unsaturated/α-hetero) is 1. The van der Waals surface area contributed by atoms with Crippen LogP contribution in [-0.2, 0) is 23.9 Å². The Bertz CT molecular complexity index is 690. The standard InChI is InChI=1S/C15H12F3NO2/c16-15(17,18)13-7-4-8-14(21)19(13)10-12(20)9-11-5-2-1-3-6-11/h1-8H,9-10H2. The van der Waals surface area contributed by atoms with Crippen LogP contribution in [0, 0.1) is 0 Å². The lowest BCUT2D eigenvalue weighted by atomic mass is 10.1. The Morgan fingerprint density at radius 1 is 1.00 bits per heavy atom. The molecule has 3 nitrogen and oxygen atoms in total. The van der Waals surface area contributed by atoms with Crippen LogP contribution in [0.1, 0.15) is 11.3 Å². The second-order valence-corrected chi connectivity index (χ2v) is 4.53. The van der Waals surface area contributed by atoms with E-state index in [0.717, 1.165) is 18.2 Å². The number of carbonyl (C=O) groups is 1. The Labute approximate surface area is 118 Å². The van der Waals surface area contributed by atoms with Gasteiger partial charge in [-0.15, -0.1) is 0 Å². The lowest BCUT2D eigenvalue weighted by Gasteiger charge is -2.14. The number of hydrogen-bond acceptors (Lipinski definition) is 2. The van der Waals surface area contributed by atoms with E-state index in [4.69, 9.17) is 0 Å². The molecular formula is C15H12F3NO2. The van der Waals surface area contributed by atoms with E-state index in [9.17, 15) is 22.8 Å². The predicted molar refractivity (Wildman–Crippen MR) is 70.9 cm³/mol. The van der Waals surface area contributed by atoms with Gasteiger partial charge in [0.05, 0.1) is 6.54 Å². The average Bonchev–Trinajstić information content (AvgIpc) is 2.41. The highest BCUT2D eigenvalue weighted by Crippen LogP contribution is 2.28. The van der Waals surface area contributed by atoms with Crippen molar-refractivity contribution in [2.75, 3.05) is 0 Å². The Balaban J connectivity index is 2.24. The zero-order valence-corrected chi connectivity index (χ0v) is 10.9. The number of ketones is 1. The lowest BCUT2D eigenvalue weighted by Crippen LogP contribution is -2.30. The van der Waals surface area contributed by atoms with Crippen LogP contribution >= 0.6 is 0 Å². The number of hydrogen-bond donors (Lipinski definition) is 0. The fraction of sp³-hybridized carbons (Fsp3) is 0.200. The fourth-order valence-corrected chi connectivity index (χ4v) is 1.99. The molecule has 0 unspecified atom stereocenters. The molecule has 0 fully saturated rings. The van der Waals surface area contributed by atoms with Gasteiger partial charge in [0.1, 0.15) is 5.69 Å². The molecule has 1 heterocycles. The van der Waals surface area contributed by atoms with Crippen molar-refractivity contribution in [1.29, 1.82) is 0 Å². The van der Waals surface area contributed by atoms with Crippen molar-refractivity contribution in [2.45, 2.75) is 19.1 Å². The van der Waals surface area contributed by atoms with E-state index in [1.807, 2.05) is 0 Å². The third-order valence-corrected chi connectivity index (χ3v) is 2.92. The molecule has 110 valence electrons. The maximum atomic E-state index is 12.8. The second-order valence-electron chi connectivity index (χ2n) is 4.53. The number of halogens is 3. The molecule has 0 radical (unpaired) electrons. The Hall–Kier alpha value is -2.37. The van der Waals surface area contributed by atoms with Gasteiger partial charge in [-0.2, -0.15) is 13.2 Å². The van der Waals surface area contributed by atoms with Crippen LogP contribution in [0.3, 0.4) is 0 Å². The van der Waals surface area contributed by atoms with Gasteiger partial charge in [0.2, 0.25) is 0 Å². The van der Waals surface area contributed by atoms with Crippen molar-refractivity contribution in [2.24, 2.45) is 0 Å². The Morgan fingerprint density at radius 2 is 1.67 bits per heavy atom. The van der Waals surface area contributed by atoms with Crippen LogP contribution in [0.25, 0.3) is 0 Å². The fourth-order valence-electron chi connectivity index (χ4n) is 1.99. The minimum absolute atomic E-state index is 0.0144. The molecule has 0 bridgehead atoms. The number of pyridine rings is 1. The van der Waals surface area contributed by atoms with Crippen molar-refractivity contribution in [1.82, 2.24) is 4.57 Å². The molecular weight excluding hydrogens is 283 g/mol. The zero-order chi connectivity index (χ0) is 15.5. The van der Waals surface area contributed by atoms with E-state index in [0.29, 0.717) is 10.1 Å². The van der Waals surface area contributed by atoms with Crippen LogP contribution in [0.2, 0.25) is 0 Å². The van der Waals surface area contributed by atoms with Gasteiger partial charge in [0.15, 0.2) is 5.78 Å². The molecule has 21 heavy (non-hydrogen) atoms. The molecule has 2 aromatic rings. The number of aromatic nitrogens is 1. The van der Waals surface area contributed by atoms with E-state index >= 15 is 0 Å². The topological polar surface area (TPSA) is 39.1 Å². The van der Waals surface area contributed by atoms with Gasteiger partial charge >= 0.3 is 6.18 Å². The molecule has 0 amide bonds. The summed E-state index contributed by atoms with van der Waals surface area (Å²) < 4.78 is 39.0. The van der Waals surface area contributed by atoms with Crippen LogP contribution < -0.4 is 5.56 Å². The number of nitrogens with zero attached hydrogens (tertiary/aromatic N) is 1. The quantitative estimate of drug-likeness (QED) is 0.870. The molecule has 2 rings (SSSR count). The summed E-state index contributed by atoms with van der Waals surface area (Å²) in [6.07, 6.45) is -4.69. The SMILES string of the molecule is O=C(Cc1ccccc1)Cn1c(C(F)(F)F)cccc1=O. The number of carbonyl (C=O) groups excluding carboxylic acids is 1. The Morgan fingerprint density at radius 3 is 2.29 bits per heavy atom. The summed E-state index contributed by atoms with van der Waals surface area (Å²) in [4.78, 5) is 23.5. The molecule has 0 N–H and O–H groups in total. The van der Waals surface area contributed by atoms with Crippen molar-refractivity contribution in [3.63, 3.8) is 0 Å². The summed E-state index contributed by atoms with van der Waals surface area (Å²) in [5.74, 6) is -0.458. The minimum Gasteiger partial charge on any atom is -0.297 e. The van der Waals surface area contributed by atoms with E-state index < -0.39 is 29.8 Å². The highest BCUT2D eigenvalue weighted by molar-refractivity contribution is 5.80. The second kappa shape index (κ2) is 5.95. The largest absolute Gasteiger partial charge is 0.431 e. The Kier molecular flexibility index (Phi) is 4.26. The van der Waals surface area contributed by atoms with Gasteiger partial charge in [-0.25, -0.2) is 0 Å². The van der Waals surface area contributed by atoms with Crippen LogP contribution in [-0.4, -0.2) is 10.4 Å². The normalized spacial score (nSPS) is 11.4. The highest BCUT2D eigenvalue weighted by Gasteiger charge is 2.34. The first-order valence-electron chi connectivity index (χ1n) is 6.20. The molecule has 0 atom stereocenters. The molecule has 1 aromatic heterocycles. The minimum atomic E-state index is -4.67. The summed E-state index contributed by atoms with van der Waals surface area (Å²) >= 11 is 0. The summed E-state index contributed by atoms with van der Waals surface area (Å²) in [6, 6.07) is 11.5. The number of alkyl halides is 3. The van der Waals surface area contributed by atoms with Gasteiger partial charge < -0.3 is 0 Å². The predicted octanol–water partition coefficient (Wildman–Crippen LogP) is 2.68. The lowest BCUT2D eigenvalue weighted by molar-refractivity contribution is -0.144. The van der Waals surface area contributed by atoms with Gasteiger partial charge in [-0.1, -0.05) is 36.4 Å². The number of rotatable bonds is 4. The van der Waals surface area contributed by atoms with Crippen molar-refractivity contribution in [3.05, 3.63) is 70.1 Å². The first-order valence-corrected chi connectivity index (χ1v) is 6.20. The van der Waals surface area contributed by atoms with Gasteiger partial charge in [-0.05, 0) is 11.6 Å². The molecule has 1 aromatic carbocycles. The maximum Gasteiger partial charge on any atom is 0.431 e. The summed E-state index contributed by atoms with van der Waals surface area (Å²) in [7, 11) is 0. The average molecular weight is 295 g/mol. The summed E-state index contributed by atoms with van der Waals surface area (Å²) in [5.41, 5.74) is -1.26. The highest BCUT2D eigenvalue weighted by atomic mass is 19.4. The number of benzene rings is 1. The molecule has 0 aliphatic carbocycles. The van der Waals surface area contributed by atoms with Crippen molar-refractivity contribution in [3.8, 4) is 0 Å². The summed E-state index contributed by atoms with van der Waals surface area (Å²) in [5, 5.41) is 0. The first kappa shape index (κ1) is 15.0. The molecule has 0 aliphatic heterocycles. The van der Waals surface area contributed by atoms with Gasteiger partial charge in [-0.3, -0.25) is 14.2 Å². The van der Waals surface area contributed by atoms with Gasteiger partial charge in [0, 0.05) is 12.5 Å². The molecule has 0 aliphatic rings. The molecule has 0 spiro atoms.